The molecule has 27 heavy (non-hydrogen) atoms. The first kappa shape index (κ1) is 18.8. The Morgan fingerprint density at radius 2 is 1.85 bits per heavy atom. The lowest BCUT2D eigenvalue weighted by atomic mass is 9.87. The fraction of sp³-hybridized carbons (Fsp3) is 0.350. The molecule has 7 nitrogen and oxygen atoms in total. The van der Waals surface area contributed by atoms with Crippen LogP contribution in [-0.4, -0.2) is 40.6 Å². The Morgan fingerprint density at radius 1 is 1.11 bits per heavy atom. The number of likely N-dealkylation sites (N-methyl/N-ethyl adjacent to an activating group) is 1. The number of fused-ring (bicyclic) bond motifs is 1. The molecule has 0 bridgehead atoms. The lowest BCUT2D eigenvalue weighted by Gasteiger charge is -2.19. The molecule has 142 valence electrons. The zero-order valence-corrected chi connectivity index (χ0v) is 16.2. The SMILES string of the molecule is CNCCNc1cc(NC(=O)c2ccc(C(C)(C)C)cc2)nc2ccnn12. The molecule has 7 heteroatoms. The summed E-state index contributed by atoms with van der Waals surface area (Å²) in [5.41, 5.74) is 2.51. The topological polar surface area (TPSA) is 83.3 Å². The number of benzene rings is 1. The van der Waals surface area contributed by atoms with Crippen LogP contribution in [0.3, 0.4) is 0 Å². The molecule has 0 aliphatic heterocycles. The first-order chi connectivity index (χ1) is 12.9. The molecule has 1 aromatic carbocycles. The van der Waals surface area contributed by atoms with Gasteiger partial charge in [-0.2, -0.15) is 9.61 Å². The van der Waals surface area contributed by atoms with E-state index in [0.29, 0.717) is 17.0 Å². The van der Waals surface area contributed by atoms with Crippen LogP contribution >= 0.6 is 0 Å². The Kier molecular flexibility index (Phi) is 5.41. The Labute approximate surface area is 159 Å². The van der Waals surface area contributed by atoms with Gasteiger partial charge in [0, 0.05) is 30.8 Å². The van der Waals surface area contributed by atoms with Gasteiger partial charge in [0.25, 0.3) is 5.91 Å². The molecule has 3 rings (SSSR count). The van der Waals surface area contributed by atoms with E-state index in [-0.39, 0.29) is 11.3 Å². The van der Waals surface area contributed by atoms with Gasteiger partial charge in [0.2, 0.25) is 0 Å². The lowest BCUT2D eigenvalue weighted by molar-refractivity contribution is 0.102. The van der Waals surface area contributed by atoms with Crippen molar-refractivity contribution in [1.82, 2.24) is 19.9 Å². The standard InChI is InChI=1S/C20H26N6O/c1-20(2,3)15-7-5-14(6-8-15)19(27)25-16-13-18(22-12-11-21-4)26-17(24-16)9-10-23-26/h5-10,13,21-22H,11-12H2,1-4H3,(H,24,25,27). The van der Waals surface area contributed by atoms with E-state index < -0.39 is 0 Å². The van der Waals surface area contributed by atoms with Crippen LogP contribution in [0.25, 0.3) is 5.65 Å². The molecule has 0 spiro atoms. The number of anilines is 2. The predicted octanol–water partition coefficient (Wildman–Crippen LogP) is 2.91. The molecule has 0 radical (unpaired) electrons. The van der Waals surface area contributed by atoms with Crippen LogP contribution in [0.15, 0.2) is 42.6 Å². The normalized spacial score (nSPS) is 11.6. The van der Waals surface area contributed by atoms with Gasteiger partial charge in [0.1, 0.15) is 11.6 Å². The summed E-state index contributed by atoms with van der Waals surface area (Å²) >= 11 is 0. The van der Waals surface area contributed by atoms with Crippen LogP contribution in [0.5, 0.6) is 0 Å². The molecule has 2 aromatic heterocycles. The van der Waals surface area contributed by atoms with Crippen LogP contribution in [0.4, 0.5) is 11.6 Å². The minimum absolute atomic E-state index is 0.0531. The highest BCUT2D eigenvalue weighted by molar-refractivity contribution is 6.04. The Balaban J connectivity index is 1.80. The fourth-order valence-corrected chi connectivity index (χ4v) is 2.73. The van der Waals surface area contributed by atoms with Gasteiger partial charge < -0.3 is 16.0 Å². The summed E-state index contributed by atoms with van der Waals surface area (Å²) in [7, 11) is 1.90. The van der Waals surface area contributed by atoms with Crippen molar-refractivity contribution in [3.05, 3.63) is 53.7 Å². The summed E-state index contributed by atoms with van der Waals surface area (Å²) in [4.78, 5) is 17.1. The van der Waals surface area contributed by atoms with E-state index in [0.717, 1.165) is 18.9 Å². The fourth-order valence-electron chi connectivity index (χ4n) is 2.73. The molecule has 0 fully saturated rings. The van der Waals surface area contributed by atoms with Crippen LogP contribution in [0.1, 0.15) is 36.7 Å². The first-order valence-electron chi connectivity index (χ1n) is 9.03. The third kappa shape index (κ3) is 4.43. The number of aromatic nitrogens is 3. The third-order valence-corrected chi connectivity index (χ3v) is 4.30. The molecule has 0 atom stereocenters. The number of hydrogen-bond donors (Lipinski definition) is 3. The zero-order valence-electron chi connectivity index (χ0n) is 16.2. The summed E-state index contributed by atoms with van der Waals surface area (Å²) < 4.78 is 1.71. The maximum absolute atomic E-state index is 12.6. The summed E-state index contributed by atoms with van der Waals surface area (Å²) in [6, 6.07) is 11.3. The average molecular weight is 366 g/mol. The summed E-state index contributed by atoms with van der Waals surface area (Å²) in [5, 5.41) is 13.5. The molecule has 0 saturated heterocycles. The van der Waals surface area contributed by atoms with Gasteiger partial charge in [-0.25, -0.2) is 4.98 Å². The molecule has 1 amide bonds. The summed E-state index contributed by atoms with van der Waals surface area (Å²) in [6.07, 6.45) is 1.68. The van der Waals surface area contributed by atoms with E-state index in [1.807, 2.05) is 31.3 Å². The largest absolute Gasteiger partial charge is 0.369 e. The van der Waals surface area contributed by atoms with Crippen LogP contribution < -0.4 is 16.0 Å². The molecule has 0 saturated carbocycles. The van der Waals surface area contributed by atoms with E-state index in [1.165, 1.54) is 5.56 Å². The highest BCUT2D eigenvalue weighted by atomic mass is 16.1. The molecule has 2 heterocycles. The molecule has 3 N–H and O–H groups in total. The second-order valence-electron chi connectivity index (χ2n) is 7.44. The summed E-state index contributed by atoms with van der Waals surface area (Å²) in [5.74, 6) is 1.08. The zero-order chi connectivity index (χ0) is 19.4. The van der Waals surface area contributed by atoms with Gasteiger partial charge >= 0.3 is 0 Å². The van der Waals surface area contributed by atoms with Gasteiger partial charge in [-0.05, 0) is 30.2 Å². The molecular formula is C20H26N6O. The van der Waals surface area contributed by atoms with Crippen molar-refractivity contribution in [2.24, 2.45) is 0 Å². The van der Waals surface area contributed by atoms with Gasteiger partial charge in [-0.3, -0.25) is 4.79 Å². The van der Waals surface area contributed by atoms with E-state index in [1.54, 1.807) is 22.8 Å². The number of rotatable bonds is 6. The van der Waals surface area contributed by atoms with Crippen molar-refractivity contribution in [2.45, 2.75) is 26.2 Å². The monoisotopic (exact) mass is 366 g/mol. The van der Waals surface area contributed by atoms with Crippen LogP contribution in [-0.2, 0) is 5.41 Å². The maximum atomic E-state index is 12.6. The number of amides is 1. The van der Waals surface area contributed by atoms with Gasteiger partial charge in [0.05, 0.1) is 6.20 Å². The van der Waals surface area contributed by atoms with Crippen molar-refractivity contribution in [1.29, 1.82) is 0 Å². The molecular weight excluding hydrogens is 340 g/mol. The van der Waals surface area contributed by atoms with Crippen molar-refractivity contribution in [3.8, 4) is 0 Å². The quantitative estimate of drug-likeness (QED) is 0.584. The molecule has 0 unspecified atom stereocenters. The second-order valence-corrected chi connectivity index (χ2v) is 7.44. The van der Waals surface area contributed by atoms with Crippen molar-refractivity contribution in [2.75, 3.05) is 30.8 Å². The molecule has 0 aliphatic carbocycles. The highest BCUT2D eigenvalue weighted by Gasteiger charge is 2.15. The molecule has 0 aliphatic rings. The third-order valence-electron chi connectivity index (χ3n) is 4.30. The Bertz CT molecular complexity index is 924. The Hall–Kier alpha value is -2.93. The highest BCUT2D eigenvalue weighted by Crippen LogP contribution is 2.22. The second kappa shape index (κ2) is 7.75. The van der Waals surface area contributed by atoms with Gasteiger partial charge in [0.15, 0.2) is 5.65 Å². The average Bonchev–Trinajstić information content (AvgIpc) is 3.10. The number of nitrogens with one attached hydrogen (secondary N) is 3. The van der Waals surface area contributed by atoms with E-state index in [4.69, 9.17) is 0 Å². The number of carbonyl (C=O) groups excluding carboxylic acids is 1. The number of hydrogen-bond acceptors (Lipinski definition) is 5. The van der Waals surface area contributed by atoms with Gasteiger partial charge in [-0.15, -0.1) is 0 Å². The lowest BCUT2D eigenvalue weighted by Crippen LogP contribution is -2.20. The summed E-state index contributed by atoms with van der Waals surface area (Å²) in [6.45, 7) is 7.99. The predicted molar refractivity (Wildman–Crippen MR) is 108 cm³/mol. The van der Waals surface area contributed by atoms with Crippen molar-refractivity contribution >= 4 is 23.2 Å². The number of carbonyl (C=O) groups is 1. The van der Waals surface area contributed by atoms with Gasteiger partial charge in [-0.1, -0.05) is 32.9 Å². The minimum atomic E-state index is -0.187. The van der Waals surface area contributed by atoms with Crippen molar-refractivity contribution in [3.63, 3.8) is 0 Å². The van der Waals surface area contributed by atoms with Crippen LogP contribution in [0.2, 0.25) is 0 Å². The number of nitrogens with zero attached hydrogens (tertiary/aromatic N) is 3. The van der Waals surface area contributed by atoms with E-state index >= 15 is 0 Å². The minimum Gasteiger partial charge on any atom is -0.369 e. The first-order valence-corrected chi connectivity index (χ1v) is 9.03. The van der Waals surface area contributed by atoms with Crippen molar-refractivity contribution < 1.29 is 4.79 Å². The van der Waals surface area contributed by atoms with E-state index in [2.05, 4.69) is 46.8 Å². The van der Waals surface area contributed by atoms with E-state index in [9.17, 15) is 4.79 Å². The van der Waals surface area contributed by atoms with Crippen LogP contribution in [0, 0.1) is 0 Å². The maximum Gasteiger partial charge on any atom is 0.256 e. The molecule has 3 aromatic rings. The smallest absolute Gasteiger partial charge is 0.256 e. The Morgan fingerprint density at radius 3 is 2.52 bits per heavy atom.